The van der Waals surface area contributed by atoms with Crippen LogP contribution in [0.4, 0.5) is 0 Å². The molecule has 0 aromatic heterocycles. The first-order valence-electron chi connectivity index (χ1n) is 13.2. The fourth-order valence-electron chi connectivity index (χ4n) is 8.83. The van der Waals surface area contributed by atoms with Gasteiger partial charge >= 0.3 is 0 Å². The Balaban J connectivity index is 1.47. The van der Waals surface area contributed by atoms with Crippen LogP contribution in [0.1, 0.15) is 46.0 Å². The molecule has 206 valence electrons. The minimum atomic E-state index is -1.80. The number of hydrogen-bond donors (Lipinski definition) is 8. The van der Waals surface area contributed by atoms with Gasteiger partial charge in [-0.15, -0.1) is 0 Å². The molecule has 10 heteroatoms. The van der Waals surface area contributed by atoms with Crippen molar-refractivity contribution in [3.8, 4) is 0 Å². The summed E-state index contributed by atoms with van der Waals surface area (Å²) in [6, 6.07) is 0. The highest BCUT2D eigenvalue weighted by atomic mass is 16.7. The van der Waals surface area contributed by atoms with E-state index in [9.17, 15) is 40.9 Å². The van der Waals surface area contributed by atoms with Gasteiger partial charge in [0.25, 0.3) is 0 Å². The first kappa shape index (κ1) is 26.9. The maximum Gasteiger partial charge on any atom is 0.187 e. The van der Waals surface area contributed by atoms with Crippen LogP contribution < -0.4 is 0 Å². The molecular weight excluding hydrogens is 472 g/mol. The number of aliphatic hydroxyl groups excluding tert-OH is 7. The molecule has 1 spiro atoms. The molecule has 14 unspecified atom stereocenters. The molecule has 36 heavy (non-hydrogen) atoms. The molecule has 4 aliphatic carbocycles. The van der Waals surface area contributed by atoms with Crippen LogP contribution in [-0.2, 0) is 9.47 Å². The summed E-state index contributed by atoms with van der Waals surface area (Å²) in [4.78, 5) is 0. The van der Waals surface area contributed by atoms with Crippen molar-refractivity contribution >= 4 is 0 Å². The fourth-order valence-corrected chi connectivity index (χ4v) is 8.83. The van der Waals surface area contributed by atoms with E-state index in [1.807, 2.05) is 0 Å². The van der Waals surface area contributed by atoms with E-state index in [2.05, 4.69) is 6.58 Å². The van der Waals surface area contributed by atoms with Gasteiger partial charge in [0.05, 0.1) is 24.9 Å². The van der Waals surface area contributed by atoms with Gasteiger partial charge in [-0.2, -0.15) is 0 Å². The van der Waals surface area contributed by atoms with E-state index in [0.29, 0.717) is 17.9 Å². The van der Waals surface area contributed by atoms with E-state index >= 15 is 0 Å². The Morgan fingerprint density at radius 2 is 1.61 bits per heavy atom. The van der Waals surface area contributed by atoms with Crippen molar-refractivity contribution in [3.63, 3.8) is 0 Å². The number of fused-ring (bicyclic) bond motifs is 2. The predicted octanol–water partition coefficient (Wildman–Crippen LogP) is -1.34. The van der Waals surface area contributed by atoms with E-state index in [1.54, 1.807) is 13.8 Å². The van der Waals surface area contributed by atoms with Crippen molar-refractivity contribution < 1.29 is 50.3 Å². The quantitative estimate of drug-likeness (QED) is 0.209. The van der Waals surface area contributed by atoms with Crippen molar-refractivity contribution in [2.24, 2.45) is 34.5 Å². The lowest BCUT2D eigenvalue weighted by molar-refractivity contribution is -0.325. The van der Waals surface area contributed by atoms with E-state index in [-0.39, 0.29) is 23.9 Å². The minimum Gasteiger partial charge on any atom is -0.396 e. The highest BCUT2D eigenvalue weighted by Crippen LogP contribution is 2.68. The lowest BCUT2D eigenvalue weighted by Crippen LogP contribution is -2.61. The molecule has 5 fully saturated rings. The van der Waals surface area contributed by atoms with Gasteiger partial charge in [0, 0.05) is 17.9 Å². The predicted molar refractivity (Wildman–Crippen MR) is 125 cm³/mol. The van der Waals surface area contributed by atoms with Crippen LogP contribution in [-0.4, -0.2) is 109 Å². The molecule has 8 N–H and O–H groups in total. The second kappa shape index (κ2) is 8.94. The van der Waals surface area contributed by atoms with Gasteiger partial charge in [-0.05, 0) is 55.3 Å². The molecule has 0 amide bonds. The largest absolute Gasteiger partial charge is 0.396 e. The number of hydrogen-bond acceptors (Lipinski definition) is 10. The third-order valence-electron chi connectivity index (χ3n) is 10.8. The standard InChI is InChI=1S/C26H42O10/c1-11-14-5-4-12-6-25(14,7-13(12)9-27)8-16(29)26(34)17(11)19(31)22(24(26,2)3)36-23-21(33)20(32)18(30)15(10-28)35-23/h12-23,27-34H,1,4-10H2,2-3H3. The van der Waals surface area contributed by atoms with Crippen LogP contribution in [0.3, 0.4) is 0 Å². The molecule has 0 radical (unpaired) electrons. The Kier molecular flexibility index (Phi) is 6.69. The highest BCUT2D eigenvalue weighted by Gasteiger charge is 2.73. The van der Waals surface area contributed by atoms with Crippen molar-refractivity contribution in [2.75, 3.05) is 13.2 Å². The van der Waals surface area contributed by atoms with Crippen LogP contribution >= 0.6 is 0 Å². The summed E-state index contributed by atoms with van der Waals surface area (Å²) in [5.74, 6) is -0.413. The molecule has 0 aromatic carbocycles. The van der Waals surface area contributed by atoms with Crippen LogP contribution in [0.25, 0.3) is 0 Å². The number of rotatable bonds is 4. The van der Waals surface area contributed by atoms with Gasteiger partial charge in [0.1, 0.15) is 30.0 Å². The van der Waals surface area contributed by atoms with Gasteiger partial charge in [0.15, 0.2) is 6.29 Å². The lowest BCUT2D eigenvalue weighted by Gasteiger charge is -2.47. The van der Waals surface area contributed by atoms with Gasteiger partial charge in [-0.3, -0.25) is 0 Å². The smallest absolute Gasteiger partial charge is 0.187 e. The summed E-state index contributed by atoms with van der Waals surface area (Å²) < 4.78 is 11.5. The molecule has 4 saturated carbocycles. The summed E-state index contributed by atoms with van der Waals surface area (Å²) in [5, 5.41) is 85.8. The SMILES string of the molecule is C=C1C2CCC3CC2(CC3CO)CC(O)C2(O)C1C(O)C(OC1OC(CO)C(O)C(O)C1O)C2(C)C. The molecule has 0 aromatic rings. The maximum absolute atomic E-state index is 12.2. The average Bonchev–Trinajstić information content (AvgIpc) is 3.16. The Bertz CT molecular complexity index is 864. The molecule has 14 atom stereocenters. The zero-order chi connectivity index (χ0) is 26.4. The van der Waals surface area contributed by atoms with Crippen LogP contribution in [0.2, 0.25) is 0 Å². The highest BCUT2D eigenvalue weighted by molar-refractivity contribution is 5.32. The average molecular weight is 515 g/mol. The minimum absolute atomic E-state index is 0.0320. The van der Waals surface area contributed by atoms with E-state index in [4.69, 9.17) is 9.47 Å². The molecular formula is C26H42O10. The fraction of sp³-hybridized carbons (Fsp3) is 0.923. The van der Waals surface area contributed by atoms with Crippen LogP contribution in [0, 0.1) is 34.5 Å². The Morgan fingerprint density at radius 3 is 2.25 bits per heavy atom. The van der Waals surface area contributed by atoms with E-state index in [1.165, 1.54) is 0 Å². The molecule has 1 saturated heterocycles. The molecule has 2 bridgehead atoms. The van der Waals surface area contributed by atoms with Crippen molar-refractivity contribution in [3.05, 3.63) is 12.2 Å². The van der Waals surface area contributed by atoms with Gasteiger partial charge in [-0.25, -0.2) is 0 Å². The topological polar surface area (TPSA) is 180 Å². The normalized spacial score (nSPS) is 56.2. The van der Waals surface area contributed by atoms with Crippen LogP contribution in [0.5, 0.6) is 0 Å². The lowest BCUT2D eigenvalue weighted by atomic mass is 9.62. The number of aliphatic hydroxyl groups is 8. The van der Waals surface area contributed by atoms with Crippen molar-refractivity contribution in [1.82, 2.24) is 0 Å². The Labute approximate surface area is 211 Å². The first-order valence-corrected chi connectivity index (χ1v) is 13.2. The second-order valence-electron chi connectivity index (χ2n) is 12.7. The number of ether oxygens (including phenoxy) is 2. The molecule has 1 aliphatic heterocycles. The van der Waals surface area contributed by atoms with Crippen molar-refractivity contribution in [2.45, 2.75) is 101 Å². The monoisotopic (exact) mass is 514 g/mol. The molecule has 5 rings (SSSR count). The zero-order valence-electron chi connectivity index (χ0n) is 21.0. The maximum atomic E-state index is 12.2. The molecule has 5 aliphatic rings. The second-order valence-corrected chi connectivity index (χ2v) is 12.7. The third kappa shape index (κ3) is 3.46. The summed E-state index contributed by atoms with van der Waals surface area (Å²) in [6.07, 6.45) is -7.51. The Morgan fingerprint density at radius 1 is 0.917 bits per heavy atom. The van der Waals surface area contributed by atoms with Crippen molar-refractivity contribution in [1.29, 1.82) is 0 Å². The van der Waals surface area contributed by atoms with Gasteiger partial charge in [0.2, 0.25) is 0 Å². The van der Waals surface area contributed by atoms with Gasteiger partial charge in [-0.1, -0.05) is 26.0 Å². The summed E-state index contributed by atoms with van der Waals surface area (Å²) in [7, 11) is 0. The Hall–Kier alpha value is -0.660. The molecule has 10 nitrogen and oxygen atoms in total. The first-order chi connectivity index (χ1) is 16.8. The summed E-state index contributed by atoms with van der Waals surface area (Å²) in [6.45, 7) is 7.21. The summed E-state index contributed by atoms with van der Waals surface area (Å²) >= 11 is 0. The summed E-state index contributed by atoms with van der Waals surface area (Å²) in [5.41, 5.74) is -2.67. The van der Waals surface area contributed by atoms with E-state index < -0.39 is 72.6 Å². The molecule has 1 heterocycles. The third-order valence-corrected chi connectivity index (χ3v) is 10.8. The zero-order valence-corrected chi connectivity index (χ0v) is 21.0. The van der Waals surface area contributed by atoms with Crippen LogP contribution in [0.15, 0.2) is 12.2 Å². The van der Waals surface area contributed by atoms with E-state index in [0.717, 1.165) is 25.7 Å². The van der Waals surface area contributed by atoms with Gasteiger partial charge < -0.3 is 50.3 Å².